The number of fused-ring (bicyclic) bond motifs is 1. The van der Waals surface area contributed by atoms with E-state index in [1.165, 1.54) is 0 Å². The minimum Gasteiger partial charge on any atom is -0.278 e. The normalized spacial score (nSPS) is 11.0. The molecule has 3 aromatic heterocycles. The van der Waals surface area contributed by atoms with E-state index in [1.54, 1.807) is 24.5 Å². The number of aromatic amines is 1. The summed E-state index contributed by atoms with van der Waals surface area (Å²) in [6, 6.07) is 14.6. The number of pyridine rings is 2. The summed E-state index contributed by atoms with van der Waals surface area (Å²) >= 11 is 0. The number of halogens is 1. The predicted octanol–water partition coefficient (Wildman–Crippen LogP) is 3.83. The van der Waals surface area contributed by atoms with Crippen LogP contribution in [0, 0.1) is 5.82 Å². The van der Waals surface area contributed by atoms with Gasteiger partial charge in [0, 0.05) is 23.3 Å². The standard InChI is InChI=1S/C17H11FN4/c18-16-12(13-8-10-20-22-13)6-4-11-5-7-15(21-17(11)16)14-3-1-2-9-19-14/h1-10H,(H,20,22). The molecule has 0 radical (unpaired) electrons. The monoisotopic (exact) mass is 290 g/mol. The second-order valence-electron chi connectivity index (χ2n) is 4.88. The Morgan fingerprint density at radius 3 is 2.55 bits per heavy atom. The highest BCUT2D eigenvalue weighted by atomic mass is 19.1. The van der Waals surface area contributed by atoms with E-state index in [0.29, 0.717) is 22.5 Å². The van der Waals surface area contributed by atoms with Crippen LogP contribution in [0.15, 0.2) is 60.9 Å². The van der Waals surface area contributed by atoms with Gasteiger partial charge in [0.1, 0.15) is 5.52 Å². The lowest BCUT2D eigenvalue weighted by molar-refractivity contribution is 0.639. The van der Waals surface area contributed by atoms with Crippen molar-refractivity contribution in [2.75, 3.05) is 0 Å². The molecule has 0 saturated carbocycles. The van der Waals surface area contributed by atoms with E-state index in [4.69, 9.17) is 0 Å². The van der Waals surface area contributed by atoms with Crippen molar-refractivity contribution in [3.63, 3.8) is 0 Å². The lowest BCUT2D eigenvalue weighted by Gasteiger charge is -2.06. The summed E-state index contributed by atoms with van der Waals surface area (Å²) in [6.45, 7) is 0. The molecule has 1 N–H and O–H groups in total. The first kappa shape index (κ1) is 12.6. The van der Waals surface area contributed by atoms with Crippen molar-refractivity contribution in [1.29, 1.82) is 0 Å². The van der Waals surface area contributed by atoms with Crippen LogP contribution in [0.4, 0.5) is 4.39 Å². The summed E-state index contributed by atoms with van der Waals surface area (Å²) in [5.74, 6) is -0.362. The first-order valence-corrected chi connectivity index (χ1v) is 6.83. The van der Waals surface area contributed by atoms with E-state index in [9.17, 15) is 4.39 Å². The zero-order valence-corrected chi connectivity index (χ0v) is 11.5. The quantitative estimate of drug-likeness (QED) is 0.610. The fraction of sp³-hybridized carbons (Fsp3) is 0. The van der Waals surface area contributed by atoms with E-state index >= 15 is 0 Å². The largest absolute Gasteiger partial charge is 0.278 e. The zero-order valence-electron chi connectivity index (χ0n) is 11.5. The lowest BCUT2D eigenvalue weighted by Crippen LogP contribution is -1.93. The first-order valence-electron chi connectivity index (χ1n) is 6.83. The van der Waals surface area contributed by atoms with Gasteiger partial charge in [-0.3, -0.25) is 10.1 Å². The molecule has 0 aliphatic heterocycles. The third-order valence-electron chi connectivity index (χ3n) is 3.52. The van der Waals surface area contributed by atoms with Crippen LogP contribution in [0.2, 0.25) is 0 Å². The Morgan fingerprint density at radius 1 is 0.864 bits per heavy atom. The summed E-state index contributed by atoms with van der Waals surface area (Å²) in [5, 5.41) is 7.39. The van der Waals surface area contributed by atoms with Crippen molar-refractivity contribution in [1.82, 2.24) is 20.2 Å². The van der Waals surface area contributed by atoms with Crippen LogP contribution in [0.3, 0.4) is 0 Å². The smallest absolute Gasteiger partial charge is 0.158 e. The van der Waals surface area contributed by atoms with Gasteiger partial charge in [-0.1, -0.05) is 18.2 Å². The molecule has 0 aliphatic rings. The molecule has 0 bridgehead atoms. The predicted molar refractivity (Wildman–Crippen MR) is 82.5 cm³/mol. The Labute approximate surface area is 125 Å². The molecule has 22 heavy (non-hydrogen) atoms. The maximum Gasteiger partial charge on any atom is 0.158 e. The maximum absolute atomic E-state index is 14.8. The van der Waals surface area contributed by atoms with Gasteiger partial charge >= 0.3 is 0 Å². The summed E-state index contributed by atoms with van der Waals surface area (Å²) in [4.78, 5) is 8.70. The number of nitrogens with zero attached hydrogens (tertiary/aromatic N) is 3. The molecule has 4 rings (SSSR count). The SMILES string of the molecule is Fc1c(-c2ccn[nH]2)ccc2ccc(-c3ccccn3)nc12. The van der Waals surface area contributed by atoms with Crippen LogP contribution in [0.25, 0.3) is 33.5 Å². The molecule has 0 spiro atoms. The molecule has 5 heteroatoms. The van der Waals surface area contributed by atoms with Gasteiger partial charge in [0.05, 0.1) is 17.1 Å². The highest BCUT2D eigenvalue weighted by Gasteiger charge is 2.12. The summed E-state index contributed by atoms with van der Waals surface area (Å²) < 4.78 is 14.8. The third kappa shape index (κ3) is 2.03. The van der Waals surface area contributed by atoms with E-state index in [2.05, 4.69) is 20.2 Å². The van der Waals surface area contributed by atoms with Crippen molar-refractivity contribution < 1.29 is 4.39 Å². The van der Waals surface area contributed by atoms with Crippen LogP contribution >= 0.6 is 0 Å². The molecule has 0 saturated heterocycles. The molecule has 4 nitrogen and oxygen atoms in total. The maximum atomic E-state index is 14.8. The number of hydrogen-bond donors (Lipinski definition) is 1. The average Bonchev–Trinajstić information content (AvgIpc) is 3.10. The molecule has 0 unspecified atom stereocenters. The van der Waals surface area contributed by atoms with Crippen LogP contribution in [-0.2, 0) is 0 Å². The molecule has 0 fully saturated rings. The fourth-order valence-electron chi connectivity index (χ4n) is 2.42. The van der Waals surface area contributed by atoms with Crippen molar-refractivity contribution in [2.45, 2.75) is 0 Å². The van der Waals surface area contributed by atoms with Gasteiger partial charge in [-0.2, -0.15) is 5.10 Å². The second-order valence-corrected chi connectivity index (χ2v) is 4.88. The fourth-order valence-corrected chi connectivity index (χ4v) is 2.42. The number of rotatable bonds is 2. The van der Waals surface area contributed by atoms with Gasteiger partial charge in [0.15, 0.2) is 5.82 Å². The molecule has 0 atom stereocenters. The topological polar surface area (TPSA) is 54.5 Å². The van der Waals surface area contributed by atoms with Crippen LogP contribution in [0.5, 0.6) is 0 Å². The number of aromatic nitrogens is 4. The Balaban J connectivity index is 1.93. The number of H-pyrrole nitrogens is 1. The molecular formula is C17H11FN4. The van der Waals surface area contributed by atoms with Gasteiger partial charge < -0.3 is 0 Å². The van der Waals surface area contributed by atoms with Gasteiger partial charge in [0.2, 0.25) is 0 Å². The van der Waals surface area contributed by atoms with E-state index in [0.717, 1.165) is 11.1 Å². The van der Waals surface area contributed by atoms with Crippen molar-refractivity contribution >= 4 is 10.9 Å². The van der Waals surface area contributed by atoms with E-state index in [-0.39, 0.29) is 5.82 Å². The Bertz CT molecular complexity index is 934. The van der Waals surface area contributed by atoms with Crippen molar-refractivity contribution in [2.24, 2.45) is 0 Å². The molecule has 106 valence electrons. The average molecular weight is 290 g/mol. The first-order chi connectivity index (χ1) is 10.8. The van der Waals surface area contributed by atoms with Gasteiger partial charge in [-0.05, 0) is 30.3 Å². The third-order valence-corrected chi connectivity index (χ3v) is 3.52. The minimum atomic E-state index is -0.362. The highest BCUT2D eigenvalue weighted by molar-refractivity contribution is 5.86. The lowest BCUT2D eigenvalue weighted by atomic mass is 10.1. The molecule has 4 aromatic rings. The molecular weight excluding hydrogens is 279 g/mol. The highest BCUT2D eigenvalue weighted by Crippen LogP contribution is 2.28. The Morgan fingerprint density at radius 2 is 1.77 bits per heavy atom. The van der Waals surface area contributed by atoms with Gasteiger partial charge in [-0.15, -0.1) is 0 Å². The molecule has 0 aliphatic carbocycles. The molecule has 3 heterocycles. The van der Waals surface area contributed by atoms with Crippen LogP contribution < -0.4 is 0 Å². The van der Waals surface area contributed by atoms with Gasteiger partial charge in [-0.25, -0.2) is 9.37 Å². The minimum absolute atomic E-state index is 0.329. The second kappa shape index (κ2) is 5.04. The van der Waals surface area contributed by atoms with E-state index < -0.39 is 0 Å². The van der Waals surface area contributed by atoms with Crippen molar-refractivity contribution in [3.8, 4) is 22.6 Å². The Hall–Kier alpha value is -3.08. The summed E-state index contributed by atoms with van der Waals surface area (Å²) in [5.41, 5.74) is 2.78. The zero-order chi connectivity index (χ0) is 14.9. The van der Waals surface area contributed by atoms with E-state index in [1.807, 2.05) is 36.4 Å². The van der Waals surface area contributed by atoms with Crippen LogP contribution in [0.1, 0.15) is 0 Å². The summed E-state index contributed by atoms with van der Waals surface area (Å²) in [7, 11) is 0. The van der Waals surface area contributed by atoms with Crippen molar-refractivity contribution in [3.05, 3.63) is 66.7 Å². The molecule has 0 amide bonds. The number of nitrogens with one attached hydrogen (secondary N) is 1. The summed E-state index contributed by atoms with van der Waals surface area (Å²) in [6.07, 6.45) is 3.29. The molecule has 1 aromatic carbocycles. The Kier molecular flexibility index (Phi) is 2.89. The number of benzene rings is 1. The number of hydrogen-bond acceptors (Lipinski definition) is 3. The van der Waals surface area contributed by atoms with Crippen LogP contribution in [-0.4, -0.2) is 20.2 Å². The van der Waals surface area contributed by atoms with Gasteiger partial charge in [0.25, 0.3) is 0 Å².